The van der Waals surface area contributed by atoms with E-state index >= 15 is 0 Å². The van der Waals surface area contributed by atoms with E-state index in [-0.39, 0.29) is 30.9 Å². The van der Waals surface area contributed by atoms with Gasteiger partial charge < -0.3 is 10.8 Å². The third-order valence-corrected chi connectivity index (χ3v) is 6.33. The van der Waals surface area contributed by atoms with Crippen LogP contribution in [-0.4, -0.2) is 28.3 Å². The standard InChI is InChI=1S/C16H31NOS.2ClH/c17-14-6-4-5-13(11-14)9-10-15(18)12-19-16-7-2-1-3-8-16;;/h13-16,18H,1-12,17H2;2*1H. The molecule has 0 aliphatic heterocycles. The third-order valence-electron chi connectivity index (χ3n) is 4.81. The van der Waals surface area contributed by atoms with Gasteiger partial charge in [0.25, 0.3) is 0 Å². The average Bonchev–Trinajstić information content (AvgIpc) is 2.44. The van der Waals surface area contributed by atoms with Crippen molar-refractivity contribution in [2.24, 2.45) is 11.7 Å². The lowest BCUT2D eigenvalue weighted by Gasteiger charge is -2.27. The summed E-state index contributed by atoms with van der Waals surface area (Å²) in [5.41, 5.74) is 6.02. The molecular formula is C16H33Cl2NOS. The van der Waals surface area contributed by atoms with Crippen molar-refractivity contribution >= 4 is 36.6 Å². The van der Waals surface area contributed by atoms with Crippen LogP contribution in [0.5, 0.6) is 0 Å². The number of nitrogens with two attached hydrogens (primary N) is 1. The summed E-state index contributed by atoms with van der Waals surface area (Å²) in [5, 5.41) is 10.9. The lowest BCUT2D eigenvalue weighted by Crippen LogP contribution is -2.28. The van der Waals surface area contributed by atoms with E-state index in [2.05, 4.69) is 0 Å². The van der Waals surface area contributed by atoms with Crippen molar-refractivity contribution in [3.05, 3.63) is 0 Å². The van der Waals surface area contributed by atoms with Crippen molar-refractivity contribution < 1.29 is 5.11 Å². The summed E-state index contributed by atoms with van der Waals surface area (Å²) in [5.74, 6) is 1.72. The number of aliphatic hydroxyl groups is 1. The van der Waals surface area contributed by atoms with Crippen molar-refractivity contribution in [1.82, 2.24) is 0 Å². The number of halogens is 2. The smallest absolute Gasteiger partial charge is 0.0630 e. The van der Waals surface area contributed by atoms with Crippen LogP contribution in [0.25, 0.3) is 0 Å². The maximum absolute atomic E-state index is 10.1. The molecule has 0 aromatic carbocycles. The summed E-state index contributed by atoms with van der Waals surface area (Å²) in [6.07, 6.45) is 14.0. The van der Waals surface area contributed by atoms with Gasteiger partial charge in [0.15, 0.2) is 0 Å². The molecule has 2 fully saturated rings. The highest BCUT2D eigenvalue weighted by molar-refractivity contribution is 7.99. The quantitative estimate of drug-likeness (QED) is 0.732. The van der Waals surface area contributed by atoms with Crippen molar-refractivity contribution in [3.8, 4) is 0 Å². The van der Waals surface area contributed by atoms with E-state index in [1.165, 1.54) is 64.2 Å². The number of hydrogen-bond donors (Lipinski definition) is 2. The molecule has 21 heavy (non-hydrogen) atoms. The molecule has 0 bridgehead atoms. The van der Waals surface area contributed by atoms with Crippen LogP contribution in [0.4, 0.5) is 0 Å². The largest absolute Gasteiger partial charge is 0.392 e. The molecule has 3 unspecified atom stereocenters. The molecule has 0 radical (unpaired) electrons. The SMILES string of the molecule is Cl.Cl.NC1CCCC(CCC(O)CSC2CCCCC2)C1. The lowest BCUT2D eigenvalue weighted by atomic mass is 9.83. The Balaban J connectivity index is 0.00000200. The molecular weight excluding hydrogens is 325 g/mol. The predicted octanol–water partition coefficient (Wildman–Crippen LogP) is 4.55. The van der Waals surface area contributed by atoms with Crippen LogP contribution in [0.3, 0.4) is 0 Å². The molecule has 0 saturated heterocycles. The maximum atomic E-state index is 10.1. The molecule has 3 N–H and O–H groups in total. The first kappa shape index (κ1) is 21.9. The van der Waals surface area contributed by atoms with E-state index in [0.717, 1.165) is 23.3 Å². The molecule has 2 saturated carbocycles. The Kier molecular flexibility index (Phi) is 12.8. The molecule has 0 aromatic heterocycles. The summed E-state index contributed by atoms with van der Waals surface area (Å²) < 4.78 is 0. The predicted molar refractivity (Wildman–Crippen MR) is 99.0 cm³/mol. The Bertz CT molecular complexity index is 252. The second-order valence-electron chi connectivity index (χ2n) is 6.62. The Morgan fingerprint density at radius 2 is 1.71 bits per heavy atom. The lowest BCUT2D eigenvalue weighted by molar-refractivity contribution is 0.169. The van der Waals surface area contributed by atoms with Crippen molar-refractivity contribution in [1.29, 1.82) is 0 Å². The van der Waals surface area contributed by atoms with E-state index in [0.29, 0.717) is 6.04 Å². The fourth-order valence-electron chi connectivity index (χ4n) is 3.59. The Morgan fingerprint density at radius 1 is 1.00 bits per heavy atom. The first-order chi connectivity index (χ1) is 9.24. The van der Waals surface area contributed by atoms with Gasteiger partial charge >= 0.3 is 0 Å². The van der Waals surface area contributed by atoms with Crippen LogP contribution in [0.1, 0.15) is 70.6 Å². The molecule has 0 heterocycles. The van der Waals surface area contributed by atoms with Crippen LogP contribution >= 0.6 is 36.6 Å². The maximum Gasteiger partial charge on any atom is 0.0630 e. The van der Waals surface area contributed by atoms with Crippen LogP contribution in [0.15, 0.2) is 0 Å². The molecule has 2 nitrogen and oxygen atoms in total. The van der Waals surface area contributed by atoms with Gasteiger partial charge in [-0.2, -0.15) is 11.8 Å². The van der Waals surface area contributed by atoms with Gasteiger partial charge in [0.2, 0.25) is 0 Å². The molecule has 3 atom stereocenters. The minimum absolute atomic E-state index is 0. The third kappa shape index (κ3) is 8.90. The van der Waals surface area contributed by atoms with Crippen LogP contribution in [0, 0.1) is 5.92 Å². The first-order valence-electron chi connectivity index (χ1n) is 8.29. The Labute approximate surface area is 147 Å². The number of hydrogen-bond acceptors (Lipinski definition) is 3. The van der Waals surface area contributed by atoms with Gasteiger partial charge in [-0.25, -0.2) is 0 Å². The number of aliphatic hydroxyl groups excluding tert-OH is 1. The highest BCUT2D eigenvalue weighted by Crippen LogP contribution is 2.30. The summed E-state index contributed by atoms with van der Waals surface area (Å²) in [7, 11) is 0. The second kappa shape index (κ2) is 12.3. The fraction of sp³-hybridized carbons (Fsp3) is 1.00. The highest BCUT2D eigenvalue weighted by Gasteiger charge is 2.20. The second-order valence-corrected chi connectivity index (χ2v) is 7.95. The molecule has 0 aromatic rings. The van der Waals surface area contributed by atoms with Crippen molar-refractivity contribution in [2.45, 2.75) is 88.0 Å². The van der Waals surface area contributed by atoms with E-state index < -0.39 is 0 Å². The van der Waals surface area contributed by atoms with Gasteiger partial charge in [-0.05, 0) is 44.4 Å². The van der Waals surface area contributed by atoms with Gasteiger partial charge in [-0.3, -0.25) is 0 Å². The molecule has 2 aliphatic carbocycles. The van der Waals surface area contributed by atoms with Crippen LogP contribution < -0.4 is 5.73 Å². The molecule has 2 aliphatic rings. The normalized spacial score (nSPS) is 28.3. The van der Waals surface area contributed by atoms with Crippen molar-refractivity contribution in [2.75, 3.05) is 5.75 Å². The average molecular weight is 358 g/mol. The zero-order chi connectivity index (χ0) is 13.5. The summed E-state index contributed by atoms with van der Waals surface area (Å²) in [4.78, 5) is 0. The minimum atomic E-state index is -0.0925. The molecule has 0 amide bonds. The zero-order valence-corrected chi connectivity index (χ0v) is 15.5. The monoisotopic (exact) mass is 357 g/mol. The molecule has 128 valence electrons. The van der Waals surface area contributed by atoms with Gasteiger partial charge in [0, 0.05) is 17.0 Å². The fourth-order valence-corrected chi connectivity index (χ4v) is 4.91. The summed E-state index contributed by atoms with van der Waals surface area (Å²) in [6.45, 7) is 0. The zero-order valence-electron chi connectivity index (χ0n) is 13.0. The summed E-state index contributed by atoms with van der Waals surface area (Å²) >= 11 is 2.02. The van der Waals surface area contributed by atoms with E-state index in [9.17, 15) is 5.11 Å². The topological polar surface area (TPSA) is 46.2 Å². The van der Waals surface area contributed by atoms with Crippen molar-refractivity contribution in [3.63, 3.8) is 0 Å². The summed E-state index contributed by atoms with van der Waals surface area (Å²) in [6, 6.07) is 0.424. The molecule has 0 spiro atoms. The van der Waals surface area contributed by atoms with E-state index in [1.54, 1.807) is 0 Å². The van der Waals surface area contributed by atoms with Gasteiger partial charge in [-0.15, -0.1) is 24.8 Å². The van der Waals surface area contributed by atoms with Crippen LogP contribution in [-0.2, 0) is 0 Å². The van der Waals surface area contributed by atoms with Gasteiger partial charge in [-0.1, -0.05) is 32.1 Å². The van der Waals surface area contributed by atoms with E-state index in [4.69, 9.17) is 5.73 Å². The highest BCUT2D eigenvalue weighted by atomic mass is 35.5. The number of thioether (sulfide) groups is 1. The van der Waals surface area contributed by atoms with Crippen LogP contribution in [0.2, 0.25) is 0 Å². The Hall–Kier alpha value is 0.850. The molecule has 2 rings (SSSR count). The first-order valence-corrected chi connectivity index (χ1v) is 9.34. The molecule has 5 heteroatoms. The minimum Gasteiger partial charge on any atom is -0.392 e. The number of rotatable bonds is 6. The Morgan fingerprint density at radius 3 is 2.38 bits per heavy atom. The van der Waals surface area contributed by atoms with E-state index in [1.807, 2.05) is 11.8 Å². The van der Waals surface area contributed by atoms with Gasteiger partial charge in [0.05, 0.1) is 6.10 Å². The van der Waals surface area contributed by atoms with Gasteiger partial charge in [0.1, 0.15) is 0 Å².